The Kier molecular flexibility index (Phi) is 3.98. The SMILES string of the molecule is NC(=S)C1(C(=O)N2CCc3ccccc3C2)CCCCC1. The first-order valence-corrected chi connectivity index (χ1v) is 8.20. The fourth-order valence-electron chi connectivity index (χ4n) is 3.69. The van der Waals surface area contributed by atoms with Gasteiger partial charge in [-0.3, -0.25) is 4.79 Å². The van der Waals surface area contributed by atoms with Crippen molar-refractivity contribution in [2.45, 2.75) is 45.1 Å². The summed E-state index contributed by atoms with van der Waals surface area (Å²) < 4.78 is 0. The third-order valence-corrected chi connectivity index (χ3v) is 5.40. The Labute approximate surface area is 131 Å². The van der Waals surface area contributed by atoms with E-state index in [0.29, 0.717) is 11.5 Å². The van der Waals surface area contributed by atoms with Crippen LogP contribution in [0.5, 0.6) is 0 Å². The highest BCUT2D eigenvalue weighted by molar-refractivity contribution is 7.80. The van der Waals surface area contributed by atoms with Gasteiger partial charge >= 0.3 is 0 Å². The van der Waals surface area contributed by atoms with Gasteiger partial charge in [0.15, 0.2) is 0 Å². The Hall–Kier alpha value is -1.42. The van der Waals surface area contributed by atoms with Gasteiger partial charge in [0.05, 0.1) is 10.4 Å². The molecule has 1 heterocycles. The van der Waals surface area contributed by atoms with Crippen molar-refractivity contribution in [2.75, 3.05) is 6.54 Å². The normalized spacial score (nSPS) is 20.7. The average Bonchev–Trinajstić information content (AvgIpc) is 2.54. The molecule has 0 aromatic heterocycles. The van der Waals surface area contributed by atoms with Crippen LogP contribution >= 0.6 is 12.2 Å². The Bertz CT molecular complexity index is 564. The quantitative estimate of drug-likeness (QED) is 0.855. The molecule has 1 aliphatic heterocycles. The molecule has 0 saturated heterocycles. The number of nitrogens with two attached hydrogens (primary N) is 1. The molecule has 1 amide bonds. The van der Waals surface area contributed by atoms with Crippen LogP contribution in [-0.2, 0) is 17.8 Å². The van der Waals surface area contributed by atoms with Crippen LogP contribution in [0.3, 0.4) is 0 Å². The van der Waals surface area contributed by atoms with E-state index in [0.717, 1.165) is 38.6 Å². The van der Waals surface area contributed by atoms with Crippen molar-refractivity contribution in [3.8, 4) is 0 Å². The number of carbonyl (C=O) groups is 1. The average molecular weight is 302 g/mol. The maximum Gasteiger partial charge on any atom is 0.235 e. The Morgan fingerprint density at radius 3 is 2.48 bits per heavy atom. The van der Waals surface area contributed by atoms with Crippen molar-refractivity contribution in [3.05, 3.63) is 35.4 Å². The van der Waals surface area contributed by atoms with Crippen LogP contribution in [0.15, 0.2) is 24.3 Å². The molecule has 1 aromatic carbocycles. The Morgan fingerprint density at radius 1 is 1.14 bits per heavy atom. The molecule has 1 fully saturated rings. The summed E-state index contributed by atoms with van der Waals surface area (Å²) in [7, 11) is 0. The lowest BCUT2D eigenvalue weighted by Crippen LogP contribution is -2.52. The highest BCUT2D eigenvalue weighted by Gasteiger charge is 2.45. The number of fused-ring (bicyclic) bond motifs is 1. The highest BCUT2D eigenvalue weighted by Crippen LogP contribution is 2.39. The van der Waals surface area contributed by atoms with E-state index in [-0.39, 0.29) is 5.91 Å². The zero-order chi connectivity index (χ0) is 14.9. The second-order valence-electron chi connectivity index (χ2n) is 6.25. The fourth-order valence-corrected chi connectivity index (χ4v) is 3.98. The summed E-state index contributed by atoms with van der Waals surface area (Å²) in [6.07, 6.45) is 5.84. The summed E-state index contributed by atoms with van der Waals surface area (Å²) in [5, 5.41) is 0. The molecule has 3 rings (SSSR count). The molecular formula is C17H22N2OS. The third-order valence-electron chi connectivity index (χ3n) is 5.01. The van der Waals surface area contributed by atoms with Crippen molar-refractivity contribution in [3.63, 3.8) is 0 Å². The monoisotopic (exact) mass is 302 g/mol. The fraction of sp³-hybridized carbons (Fsp3) is 0.529. The van der Waals surface area contributed by atoms with E-state index in [1.807, 2.05) is 11.0 Å². The van der Waals surface area contributed by atoms with Crippen LogP contribution in [0.4, 0.5) is 0 Å². The van der Waals surface area contributed by atoms with Crippen LogP contribution in [0.2, 0.25) is 0 Å². The maximum absolute atomic E-state index is 13.1. The van der Waals surface area contributed by atoms with Gasteiger partial charge in [0.25, 0.3) is 0 Å². The molecular weight excluding hydrogens is 280 g/mol. The Balaban J connectivity index is 1.83. The summed E-state index contributed by atoms with van der Waals surface area (Å²) in [6.45, 7) is 1.47. The number of amides is 1. The van der Waals surface area contributed by atoms with Crippen LogP contribution in [-0.4, -0.2) is 22.3 Å². The standard InChI is InChI=1S/C17H22N2OS/c18-15(21)17(9-4-1-5-10-17)16(20)19-11-8-13-6-2-3-7-14(13)12-19/h2-3,6-7H,1,4-5,8-12H2,(H2,18,21). The van der Waals surface area contributed by atoms with Gasteiger partial charge in [0.2, 0.25) is 5.91 Å². The van der Waals surface area contributed by atoms with Crippen LogP contribution in [0, 0.1) is 5.41 Å². The van der Waals surface area contributed by atoms with E-state index >= 15 is 0 Å². The number of hydrogen-bond acceptors (Lipinski definition) is 2. The zero-order valence-electron chi connectivity index (χ0n) is 12.3. The van der Waals surface area contributed by atoms with Gasteiger partial charge in [-0.25, -0.2) is 0 Å². The molecule has 112 valence electrons. The second-order valence-corrected chi connectivity index (χ2v) is 6.69. The lowest BCUT2D eigenvalue weighted by molar-refractivity contribution is -0.140. The lowest BCUT2D eigenvalue weighted by Gasteiger charge is -2.40. The van der Waals surface area contributed by atoms with Crippen molar-refractivity contribution in [1.29, 1.82) is 0 Å². The number of carbonyl (C=O) groups excluding carboxylic acids is 1. The molecule has 21 heavy (non-hydrogen) atoms. The van der Waals surface area contributed by atoms with Gasteiger partial charge in [0.1, 0.15) is 0 Å². The van der Waals surface area contributed by atoms with Gasteiger partial charge in [-0.2, -0.15) is 0 Å². The molecule has 0 radical (unpaired) electrons. The molecule has 2 N–H and O–H groups in total. The lowest BCUT2D eigenvalue weighted by atomic mass is 9.72. The highest BCUT2D eigenvalue weighted by atomic mass is 32.1. The van der Waals surface area contributed by atoms with E-state index in [1.54, 1.807) is 0 Å². The molecule has 2 aliphatic rings. The first kappa shape index (κ1) is 14.5. The van der Waals surface area contributed by atoms with Gasteiger partial charge in [0, 0.05) is 13.1 Å². The minimum Gasteiger partial charge on any atom is -0.392 e. The smallest absolute Gasteiger partial charge is 0.235 e. The molecule has 1 aromatic rings. The van der Waals surface area contributed by atoms with Gasteiger partial charge in [-0.15, -0.1) is 0 Å². The molecule has 1 saturated carbocycles. The van der Waals surface area contributed by atoms with E-state index in [4.69, 9.17) is 18.0 Å². The summed E-state index contributed by atoms with van der Waals surface area (Å²) in [6, 6.07) is 8.37. The number of rotatable bonds is 2. The summed E-state index contributed by atoms with van der Waals surface area (Å²) in [5.41, 5.74) is 8.02. The minimum absolute atomic E-state index is 0.157. The third kappa shape index (κ3) is 2.57. The van der Waals surface area contributed by atoms with Crippen molar-refractivity contribution >= 4 is 23.1 Å². The number of nitrogens with zero attached hydrogens (tertiary/aromatic N) is 1. The largest absolute Gasteiger partial charge is 0.392 e. The van der Waals surface area contributed by atoms with Crippen LogP contribution in [0.1, 0.15) is 43.2 Å². The molecule has 0 unspecified atom stereocenters. The maximum atomic E-state index is 13.1. The predicted molar refractivity (Wildman–Crippen MR) is 87.9 cm³/mol. The molecule has 3 nitrogen and oxygen atoms in total. The molecule has 4 heteroatoms. The molecule has 0 bridgehead atoms. The predicted octanol–water partition coefficient (Wildman–Crippen LogP) is 2.81. The number of thiocarbonyl (C=S) groups is 1. The summed E-state index contributed by atoms with van der Waals surface area (Å²) in [4.78, 5) is 15.4. The molecule has 0 spiro atoms. The van der Waals surface area contributed by atoms with Gasteiger partial charge in [-0.1, -0.05) is 55.7 Å². The van der Waals surface area contributed by atoms with Gasteiger partial charge < -0.3 is 10.6 Å². The minimum atomic E-state index is -0.583. The van der Waals surface area contributed by atoms with E-state index < -0.39 is 5.41 Å². The van der Waals surface area contributed by atoms with Crippen molar-refractivity contribution in [2.24, 2.45) is 11.1 Å². The topological polar surface area (TPSA) is 46.3 Å². The van der Waals surface area contributed by atoms with Crippen molar-refractivity contribution in [1.82, 2.24) is 4.90 Å². The second kappa shape index (κ2) is 5.76. The molecule has 0 atom stereocenters. The summed E-state index contributed by atoms with van der Waals surface area (Å²) >= 11 is 5.28. The first-order chi connectivity index (χ1) is 10.1. The number of hydrogen-bond donors (Lipinski definition) is 1. The first-order valence-electron chi connectivity index (χ1n) is 7.79. The van der Waals surface area contributed by atoms with Crippen molar-refractivity contribution < 1.29 is 4.79 Å². The molecule has 1 aliphatic carbocycles. The van der Waals surface area contributed by atoms with Crippen LogP contribution in [0.25, 0.3) is 0 Å². The Morgan fingerprint density at radius 2 is 1.81 bits per heavy atom. The number of benzene rings is 1. The zero-order valence-corrected chi connectivity index (χ0v) is 13.1. The van der Waals surface area contributed by atoms with Gasteiger partial charge in [-0.05, 0) is 30.4 Å². The van der Waals surface area contributed by atoms with Crippen LogP contribution < -0.4 is 5.73 Å². The van der Waals surface area contributed by atoms with E-state index in [2.05, 4.69) is 18.2 Å². The van der Waals surface area contributed by atoms with E-state index in [9.17, 15) is 4.79 Å². The van der Waals surface area contributed by atoms with E-state index in [1.165, 1.54) is 17.5 Å². The summed E-state index contributed by atoms with van der Waals surface area (Å²) in [5.74, 6) is 0.157.